The van der Waals surface area contributed by atoms with E-state index in [9.17, 15) is 8.42 Å². The third-order valence-electron chi connectivity index (χ3n) is 9.30. The number of pyridine rings is 1. The molecule has 5 rings (SSSR count). The Balaban J connectivity index is 1.42. The lowest BCUT2D eigenvalue weighted by molar-refractivity contribution is 0.0321. The molecule has 11 nitrogen and oxygen atoms in total. The number of benzene rings is 1. The summed E-state index contributed by atoms with van der Waals surface area (Å²) in [6, 6.07) is 7.41. The second kappa shape index (κ2) is 14.1. The summed E-state index contributed by atoms with van der Waals surface area (Å²) in [5.74, 6) is -0.438. The molecule has 254 valence electrons. The third-order valence-corrected chi connectivity index (χ3v) is 11.8. The molecule has 4 heterocycles. The number of morpholine rings is 1. The van der Waals surface area contributed by atoms with Gasteiger partial charge >= 0.3 is 0 Å². The Bertz CT molecular complexity index is 1520. The van der Waals surface area contributed by atoms with Gasteiger partial charge in [-0.25, -0.2) is 13.4 Å². The average molecular weight is 676 g/mol. The van der Waals surface area contributed by atoms with Gasteiger partial charge in [0.15, 0.2) is 20.7 Å². The van der Waals surface area contributed by atoms with Crippen LogP contribution in [0.2, 0.25) is 0 Å². The molecule has 2 saturated heterocycles. The number of aromatic nitrogens is 1. The summed E-state index contributed by atoms with van der Waals surface area (Å²) < 4.78 is 38.5. The molecule has 2 atom stereocenters. The zero-order valence-corrected chi connectivity index (χ0v) is 29.3. The molecule has 6 N–H and O–H groups in total. The van der Waals surface area contributed by atoms with Crippen molar-refractivity contribution < 1.29 is 17.9 Å². The summed E-state index contributed by atoms with van der Waals surface area (Å²) >= 11 is 6.72. The van der Waals surface area contributed by atoms with Gasteiger partial charge in [0.05, 0.1) is 29.6 Å². The number of hydrogen-bond donors (Lipinski definition) is 4. The predicted molar refractivity (Wildman–Crippen MR) is 181 cm³/mol. The van der Waals surface area contributed by atoms with Crippen molar-refractivity contribution in [3.05, 3.63) is 63.9 Å². The van der Waals surface area contributed by atoms with Gasteiger partial charge in [0.1, 0.15) is 11.4 Å². The first-order chi connectivity index (χ1) is 21.7. The minimum atomic E-state index is -3.80. The number of nitrogens with zero attached hydrogens (tertiary/aromatic N) is 3. The number of likely N-dealkylation sites (tertiary alicyclic amines) is 1. The van der Waals surface area contributed by atoms with Crippen LogP contribution in [0.3, 0.4) is 0 Å². The van der Waals surface area contributed by atoms with Gasteiger partial charge in [0, 0.05) is 49.7 Å². The second-order valence-corrected chi connectivity index (χ2v) is 16.1. The molecular formula is C33H50ClN7O4S. The van der Waals surface area contributed by atoms with Crippen LogP contribution in [0.25, 0.3) is 0 Å². The van der Waals surface area contributed by atoms with Gasteiger partial charge in [-0.3, -0.25) is 16.0 Å². The molecule has 2 fully saturated rings. The molecule has 1 aromatic heterocycles. The summed E-state index contributed by atoms with van der Waals surface area (Å²) in [7, 11) is -3.80. The average Bonchev–Trinajstić information content (AvgIpc) is 3.03. The lowest BCUT2D eigenvalue weighted by Gasteiger charge is -2.46. The molecule has 2 aromatic rings. The standard InChI is InChI=1S/C33H50ClN7O4S/c1-22(2)45-29-20-26(25-8-11-40(12-9-25)13-14-41-15-17-44-18-16-41)24(5)19-28(29)33(36)38-21-30(34)32(35,39-33)27-7-6-10-37-31(27)46(42,43)23(3)4/h6-7,10,19-23,25,38-39H,8-9,11-18,35-36H2,1-5H3. The number of halogens is 1. The quantitative estimate of drug-likeness (QED) is 0.295. The van der Waals surface area contributed by atoms with Crippen molar-refractivity contribution in [1.29, 1.82) is 0 Å². The molecule has 0 amide bonds. The molecule has 2 unspecified atom stereocenters. The lowest BCUT2D eigenvalue weighted by Crippen LogP contribution is -2.71. The van der Waals surface area contributed by atoms with Gasteiger partial charge in [-0.1, -0.05) is 17.7 Å². The van der Waals surface area contributed by atoms with Gasteiger partial charge in [-0.05, 0) is 95.8 Å². The van der Waals surface area contributed by atoms with E-state index in [0.717, 1.165) is 70.9 Å². The molecule has 3 aliphatic heterocycles. The van der Waals surface area contributed by atoms with Gasteiger partial charge in [-0.15, -0.1) is 0 Å². The Morgan fingerprint density at radius 2 is 1.72 bits per heavy atom. The van der Waals surface area contributed by atoms with Crippen LogP contribution in [0.4, 0.5) is 0 Å². The molecule has 0 aliphatic carbocycles. The lowest BCUT2D eigenvalue weighted by atomic mass is 9.84. The highest BCUT2D eigenvalue weighted by atomic mass is 35.5. The first-order valence-corrected chi connectivity index (χ1v) is 18.2. The van der Waals surface area contributed by atoms with Crippen molar-refractivity contribution in [3.63, 3.8) is 0 Å². The zero-order chi connectivity index (χ0) is 33.3. The van der Waals surface area contributed by atoms with Crippen molar-refractivity contribution in [2.75, 3.05) is 52.5 Å². The fraction of sp³-hybridized carbons (Fsp3) is 0.606. The maximum Gasteiger partial charge on any atom is 0.198 e. The van der Waals surface area contributed by atoms with Gasteiger partial charge < -0.3 is 25.4 Å². The summed E-state index contributed by atoms with van der Waals surface area (Å²) in [6.45, 7) is 17.2. The van der Waals surface area contributed by atoms with E-state index in [2.05, 4.69) is 38.4 Å². The second-order valence-electron chi connectivity index (χ2n) is 13.3. The van der Waals surface area contributed by atoms with Crippen molar-refractivity contribution in [2.24, 2.45) is 11.5 Å². The normalized spacial score (nSPS) is 25.5. The van der Waals surface area contributed by atoms with Crippen molar-refractivity contribution in [3.8, 4) is 5.75 Å². The number of nitrogens with two attached hydrogens (primary N) is 2. The van der Waals surface area contributed by atoms with E-state index in [-0.39, 0.29) is 21.7 Å². The van der Waals surface area contributed by atoms with Crippen LogP contribution in [-0.2, 0) is 26.0 Å². The van der Waals surface area contributed by atoms with E-state index in [1.54, 1.807) is 26.0 Å². The topological polar surface area (TPSA) is 148 Å². The molecule has 46 heavy (non-hydrogen) atoms. The van der Waals surface area contributed by atoms with Crippen LogP contribution in [0, 0.1) is 6.92 Å². The Morgan fingerprint density at radius 1 is 1.07 bits per heavy atom. The number of rotatable bonds is 10. The Kier molecular flexibility index (Phi) is 10.7. The van der Waals surface area contributed by atoms with E-state index >= 15 is 0 Å². The SMILES string of the molecule is Cc1cc(C2(N)NC=C(Cl)C(N)(c3cccnc3S(=O)(=O)C(C)C)N2)c(OC(C)C)cc1C1CCN(CCN2CCOCC2)CC1. The first kappa shape index (κ1) is 35.0. The van der Waals surface area contributed by atoms with E-state index in [0.29, 0.717) is 17.2 Å². The van der Waals surface area contributed by atoms with Crippen LogP contribution < -0.4 is 26.8 Å². The molecule has 13 heteroatoms. The molecule has 1 aromatic carbocycles. The molecule has 0 spiro atoms. The highest BCUT2D eigenvalue weighted by Gasteiger charge is 2.47. The van der Waals surface area contributed by atoms with E-state index in [1.165, 1.54) is 18.0 Å². The Hall–Kier alpha value is -2.29. The monoisotopic (exact) mass is 675 g/mol. The van der Waals surface area contributed by atoms with Crippen molar-refractivity contribution >= 4 is 21.4 Å². The highest BCUT2D eigenvalue weighted by Crippen LogP contribution is 2.41. The zero-order valence-electron chi connectivity index (χ0n) is 27.7. The smallest absolute Gasteiger partial charge is 0.198 e. The maximum absolute atomic E-state index is 13.3. The summed E-state index contributed by atoms with van der Waals surface area (Å²) in [5.41, 5.74) is 15.6. The summed E-state index contributed by atoms with van der Waals surface area (Å²) in [6.07, 6.45) is 4.96. The summed E-state index contributed by atoms with van der Waals surface area (Å²) in [4.78, 5) is 9.28. The molecule has 0 saturated carbocycles. The molecule has 3 aliphatic rings. The van der Waals surface area contributed by atoms with Crippen LogP contribution in [0.15, 0.2) is 46.7 Å². The minimum absolute atomic E-state index is 0.119. The number of sulfone groups is 1. The maximum atomic E-state index is 13.3. The van der Waals surface area contributed by atoms with Crippen LogP contribution in [-0.4, -0.2) is 87.0 Å². The number of aryl methyl sites for hydroxylation is 1. The Labute approximate surface area is 278 Å². The number of hydrogen-bond acceptors (Lipinski definition) is 11. The van der Waals surface area contributed by atoms with Gasteiger partial charge in [-0.2, -0.15) is 0 Å². The third kappa shape index (κ3) is 7.24. The predicted octanol–water partition coefficient (Wildman–Crippen LogP) is 3.02. The number of ether oxygens (including phenoxy) is 2. The first-order valence-electron chi connectivity index (χ1n) is 16.3. The van der Waals surface area contributed by atoms with Gasteiger partial charge in [0.25, 0.3) is 0 Å². The molecular weight excluding hydrogens is 626 g/mol. The van der Waals surface area contributed by atoms with E-state index < -0.39 is 26.5 Å². The molecule has 0 radical (unpaired) electrons. The van der Waals surface area contributed by atoms with Crippen molar-refractivity contribution in [1.82, 2.24) is 25.4 Å². The largest absolute Gasteiger partial charge is 0.491 e. The fourth-order valence-electron chi connectivity index (χ4n) is 6.56. The number of piperidine rings is 1. The molecule has 0 bridgehead atoms. The fourth-order valence-corrected chi connectivity index (χ4v) is 7.95. The van der Waals surface area contributed by atoms with E-state index in [4.69, 9.17) is 32.5 Å². The van der Waals surface area contributed by atoms with Crippen LogP contribution >= 0.6 is 11.6 Å². The minimum Gasteiger partial charge on any atom is -0.491 e. The van der Waals surface area contributed by atoms with Crippen LogP contribution in [0.1, 0.15) is 68.7 Å². The summed E-state index contributed by atoms with van der Waals surface area (Å²) in [5, 5.41) is 5.73. The van der Waals surface area contributed by atoms with Crippen molar-refractivity contribution in [2.45, 2.75) is 81.2 Å². The van der Waals surface area contributed by atoms with Crippen LogP contribution in [0.5, 0.6) is 5.75 Å². The highest BCUT2D eigenvalue weighted by molar-refractivity contribution is 7.92. The number of nitrogens with one attached hydrogen (secondary N) is 2. The van der Waals surface area contributed by atoms with E-state index in [1.807, 2.05) is 19.9 Å². The Morgan fingerprint density at radius 3 is 2.35 bits per heavy atom. The van der Waals surface area contributed by atoms with Gasteiger partial charge in [0.2, 0.25) is 0 Å².